The molecule has 0 aliphatic heterocycles. The Labute approximate surface area is 141 Å². The molecule has 0 aromatic carbocycles. The van der Waals surface area contributed by atoms with E-state index >= 15 is 0 Å². The van der Waals surface area contributed by atoms with Gasteiger partial charge in [-0.1, -0.05) is 13.8 Å². The van der Waals surface area contributed by atoms with Crippen LogP contribution in [0.5, 0.6) is 0 Å². The number of aliphatic carboxylic acids is 1. The number of amides is 3. The highest BCUT2D eigenvalue weighted by atomic mass is 16.4. The van der Waals surface area contributed by atoms with Crippen molar-refractivity contribution < 1.29 is 24.3 Å². The normalized spacial score (nSPS) is 15.8. The van der Waals surface area contributed by atoms with Gasteiger partial charge in [-0.05, 0) is 33.1 Å². The second-order valence-electron chi connectivity index (χ2n) is 6.27. The first-order valence-electron chi connectivity index (χ1n) is 7.85. The summed E-state index contributed by atoms with van der Waals surface area (Å²) in [5, 5.41) is 15.9. The van der Waals surface area contributed by atoms with Crippen LogP contribution in [0.2, 0.25) is 0 Å². The van der Waals surface area contributed by atoms with Crippen molar-refractivity contribution in [3.05, 3.63) is 0 Å². The number of nitrogens with one attached hydrogen (secondary N) is 3. The summed E-state index contributed by atoms with van der Waals surface area (Å²) in [6.07, 6.45) is 0.492. The van der Waals surface area contributed by atoms with Crippen molar-refractivity contribution in [3.63, 3.8) is 0 Å². The predicted octanol–water partition coefficient (Wildman–Crippen LogP) is -1.04. The fourth-order valence-corrected chi connectivity index (χ4v) is 1.80. The van der Waals surface area contributed by atoms with Crippen molar-refractivity contribution in [2.45, 2.75) is 65.2 Å². The predicted molar refractivity (Wildman–Crippen MR) is 87.9 cm³/mol. The van der Waals surface area contributed by atoms with E-state index < -0.39 is 47.9 Å². The van der Waals surface area contributed by atoms with Gasteiger partial charge in [-0.15, -0.1) is 0 Å². The second-order valence-corrected chi connectivity index (χ2v) is 6.27. The third-order valence-corrected chi connectivity index (χ3v) is 3.30. The van der Waals surface area contributed by atoms with Crippen LogP contribution in [-0.2, 0) is 19.2 Å². The standard InChI is InChI=1S/C15H28N4O5/c1-7(2)6-11(16)14(22)18-9(4)12(20)17-8(3)13(21)19-10(5)15(23)24/h7-11H,6,16H2,1-5H3,(H,17,20)(H,18,22)(H,19,21)(H,23,24)/t8-,9-,10-,11-/m0/s1. The van der Waals surface area contributed by atoms with E-state index in [1.807, 2.05) is 13.8 Å². The average molecular weight is 344 g/mol. The molecule has 0 aliphatic rings. The van der Waals surface area contributed by atoms with Crippen LogP contribution in [0.3, 0.4) is 0 Å². The van der Waals surface area contributed by atoms with Crippen LogP contribution in [-0.4, -0.2) is 53.0 Å². The van der Waals surface area contributed by atoms with Gasteiger partial charge in [-0.25, -0.2) is 0 Å². The molecule has 0 bridgehead atoms. The highest BCUT2D eigenvalue weighted by molar-refractivity contribution is 5.93. The zero-order chi connectivity index (χ0) is 19.0. The van der Waals surface area contributed by atoms with E-state index in [4.69, 9.17) is 10.8 Å². The van der Waals surface area contributed by atoms with Gasteiger partial charge in [0.2, 0.25) is 17.7 Å². The van der Waals surface area contributed by atoms with E-state index in [2.05, 4.69) is 16.0 Å². The smallest absolute Gasteiger partial charge is 0.325 e. The average Bonchev–Trinajstić information content (AvgIpc) is 2.45. The third kappa shape index (κ3) is 7.91. The first-order chi connectivity index (χ1) is 11.0. The first kappa shape index (κ1) is 21.8. The highest BCUT2D eigenvalue weighted by Gasteiger charge is 2.24. The van der Waals surface area contributed by atoms with Crippen LogP contribution in [0.25, 0.3) is 0 Å². The number of carbonyl (C=O) groups is 4. The molecule has 0 unspecified atom stereocenters. The Hall–Kier alpha value is -2.16. The van der Waals surface area contributed by atoms with Gasteiger partial charge in [0.05, 0.1) is 6.04 Å². The van der Waals surface area contributed by atoms with E-state index in [0.717, 1.165) is 0 Å². The molecular formula is C15H28N4O5. The Morgan fingerprint density at radius 3 is 1.54 bits per heavy atom. The van der Waals surface area contributed by atoms with E-state index in [0.29, 0.717) is 6.42 Å². The molecule has 0 aromatic rings. The minimum Gasteiger partial charge on any atom is -0.480 e. The number of carboxylic acids is 1. The van der Waals surface area contributed by atoms with Crippen LogP contribution in [0.15, 0.2) is 0 Å². The van der Waals surface area contributed by atoms with Crippen LogP contribution in [0.4, 0.5) is 0 Å². The summed E-state index contributed by atoms with van der Waals surface area (Å²) in [6, 6.07) is -3.59. The number of carbonyl (C=O) groups excluding carboxylic acids is 3. The lowest BCUT2D eigenvalue weighted by Gasteiger charge is -2.21. The number of hydrogen-bond donors (Lipinski definition) is 5. The molecule has 138 valence electrons. The molecule has 0 rings (SSSR count). The van der Waals surface area contributed by atoms with E-state index in [-0.39, 0.29) is 5.92 Å². The van der Waals surface area contributed by atoms with Gasteiger partial charge in [0.15, 0.2) is 0 Å². The van der Waals surface area contributed by atoms with Gasteiger partial charge in [0.25, 0.3) is 0 Å². The maximum Gasteiger partial charge on any atom is 0.325 e. The molecule has 6 N–H and O–H groups in total. The Balaban J connectivity index is 4.46. The molecule has 0 fully saturated rings. The SMILES string of the molecule is CC(C)C[C@H](N)C(=O)N[C@@H](C)C(=O)N[C@@H](C)C(=O)N[C@@H](C)C(=O)O. The topological polar surface area (TPSA) is 151 Å². The van der Waals surface area contributed by atoms with Crippen molar-refractivity contribution in [1.29, 1.82) is 0 Å². The molecule has 0 radical (unpaired) electrons. The molecule has 0 aliphatic carbocycles. The quantitative estimate of drug-likeness (QED) is 0.360. The molecule has 0 saturated heterocycles. The second kappa shape index (κ2) is 9.86. The molecule has 9 nitrogen and oxygen atoms in total. The van der Waals surface area contributed by atoms with Crippen molar-refractivity contribution in [1.82, 2.24) is 16.0 Å². The molecule has 0 aromatic heterocycles. The van der Waals surface area contributed by atoms with Gasteiger partial charge in [-0.3, -0.25) is 19.2 Å². The first-order valence-corrected chi connectivity index (χ1v) is 7.85. The Morgan fingerprint density at radius 1 is 0.792 bits per heavy atom. The zero-order valence-corrected chi connectivity index (χ0v) is 14.8. The molecular weight excluding hydrogens is 316 g/mol. The van der Waals surface area contributed by atoms with Crippen molar-refractivity contribution in [2.75, 3.05) is 0 Å². The molecule has 9 heteroatoms. The van der Waals surface area contributed by atoms with E-state index in [9.17, 15) is 19.2 Å². The number of hydrogen-bond acceptors (Lipinski definition) is 5. The Morgan fingerprint density at radius 2 is 1.17 bits per heavy atom. The molecule has 4 atom stereocenters. The van der Waals surface area contributed by atoms with E-state index in [1.54, 1.807) is 0 Å². The number of nitrogens with two attached hydrogens (primary N) is 1. The Bertz CT molecular complexity index is 480. The van der Waals surface area contributed by atoms with Gasteiger partial charge in [-0.2, -0.15) is 0 Å². The third-order valence-electron chi connectivity index (χ3n) is 3.30. The van der Waals surface area contributed by atoms with Crippen LogP contribution in [0, 0.1) is 5.92 Å². The summed E-state index contributed by atoms with van der Waals surface area (Å²) in [7, 11) is 0. The summed E-state index contributed by atoms with van der Waals surface area (Å²) in [4.78, 5) is 46.3. The van der Waals surface area contributed by atoms with Gasteiger partial charge < -0.3 is 26.8 Å². The van der Waals surface area contributed by atoms with Crippen molar-refractivity contribution in [3.8, 4) is 0 Å². The molecule has 0 spiro atoms. The van der Waals surface area contributed by atoms with Gasteiger partial charge >= 0.3 is 5.97 Å². The lowest BCUT2D eigenvalue weighted by molar-refractivity contribution is -0.141. The highest BCUT2D eigenvalue weighted by Crippen LogP contribution is 2.02. The maximum atomic E-state index is 12.0. The minimum absolute atomic E-state index is 0.245. The van der Waals surface area contributed by atoms with Crippen LogP contribution in [0.1, 0.15) is 41.0 Å². The van der Waals surface area contributed by atoms with E-state index in [1.165, 1.54) is 20.8 Å². The summed E-state index contributed by atoms with van der Waals surface area (Å²) >= 11 is 0. The summed E-state index contributed by atoms with van der Waals surface area (Å²) < 4.78 is 0. The molecule has 0 saturated carbocycles. The van der Waals surface area contributed by atoms with Crippen LogP contribution < -0.4 is 21.7 Å². The summed E-state index contributed by atoms with van der Waals surface area (Å²) in [5.41, 5.74) is 5.74. The van der Waals surface area contributed by atoms with Gasteiger partial charge in [0, 0.05) is 0 Å². The van der Waals surface area contributed by atoms with Gasteiger partial charge in [0.1, 0.15) is 18.1 Å². The lowest BCUT2D eigenvalue weighted by atomic mass is 10.0. The number of rotatable bonds is 9. The van der Waals surface area contributed by atoms with Crippen molar-refractivity contribution in [2.24, 2.45) is 11.7 Å². The largest absolute Gasteiger partial charge is 0.480 e. The molecule has 24 heavy (non-hydrogen) atoms. The lowest BCUT2D eigenvalue weighted by Crippen LogP contribution is -2.55. The zero-order valence-electron chi connectivity index (χ0n) is 14.8. The summed E-state index contributed by atoms with van der Waals surface area (Å²) in [5.74, 6) is -2.57. The minimum atomic E-state index is -1.18. The van der Waals surface area contributed by atoms with Crippen LogP contribution >= 0.6 is 0 Å². The fourth-order valence-electron chi connectivity index (χ4n) is 1.80. The Kier molecular flexibility index (Phi) is 8.97. The summed E-state index contributed by atoms with van der Waals surface area (Å²) in [6.45, 7) is 8.07. The van der Waals surface area contributed by atoms with Crippen molar-refractivity contribution >= 4 is 23.7 Å². The number of carboxylic acid groups (broad SMARTS) is 1. The maximum absolute atomic E-state index is 12.0. The molecule has 0 heterocycles. The molecule has 3 amide bonds. The fraction of sp³-hybridized carbons (Fsp3) is 0.733. The monoisotopic (exact) mass is 344 g/mol.